The van der Waals surface area contributed by atoms with E-state index in [1.165, 1.54) is 62.7 Å². The van der Waals surface area contributed by atoms with Gasteiger partial charge in [0.2, 0.25) is 5.91 Å². The zero-order chi connectivity index (χ0) is 24.2. The normalized spacial score (nSPS) is 12.3. The van der Waals surface area contributed by atoms with E-state index in [0.29, 0.717) is 6.42 Å². The first-order valence-corrected chi connectivity index (χ1v) is 12.6. The van der Waals surface area contributed by atoms with Crippen molar-refractivity contribution in [3.63, 3.8) is 0 Å². The summed E-state index contributed by atoms with van der Waals surface area (Å²) in [6.07, 6.45) is 20.9. The number of aliphatic imine (C=N–C) groups is 1. The van der Waals surface area contributed by atoms with Gasteiger partial charge in [-0.2, -0.15) is 4.99 Å². The van der Waals surface area contributed by atoms with Gasteiger partial charge in [-0.3, -0.25) is 9.59 Å². The number of nitrogens with zero attached hydrogens (tertiary/aromatic N) is 2. The number of hydrogen-bond acceptors (Lipinski definition) is 3. The molecule has 6 heteroatoms. The molecule has 0 radical (unpaired) electrons. The number of amides is 1. The highest BCUT2D eigenvalue weighted by atomic mass is 16.6. The molecule has 0 unspecified atom stereocenters. The van der Waals surface area contributed by atoms with Crippen LogP contribution in [0.15, 0.2) is 17.1 Å². The third-order valence-corrected chi connectivity index (χ3v) is 5.07. The molecule has 0 bridgehead atoms. The highest BCUT2D eigenvalue weighted by Gasteiger charge is 2.18. The van der Waals surface area contributed by atoms with Crippen LogP contribution in [-0.2, 0) is 14.3 Å². The van der Waals surface area contributed by atoms with Crippen LogP contribution in [0.5, 0.6) is 0 Å². The van der Waals surface area contributed by atoms with Crippen LogP contribution in [0.3, 0.4) is 0 Å². The van der Waals surface area contributed by atoms with Gasteiger partial charge in [-0.25, -0.2) is 0 Å². The van der Waals surface area contributed by atoms with Gasteiger partial charge in [0.25, 0.3) is 0 Å². The SMILES string of the molecule is CCCCCCCC/C=C\CCCCCCCC(=O)N=C(N)N(C)CC(=O)OC(C)(C)C. The Balaban J connectivity index is 3.73. The summed E-state index contributed by atoms with van der Waals surface area (Å²) in [5, 5.41) is 0. The fraction of sp³-hybridized carbons (Fsp3) is 0.808. The fourth-order valence-corrected chi connectivity index (χ4v) is 3.26. The number of carbonyl (C=O) groups is 2. The molecule has 6 nitrogen and oxygen atoms in total. The molecule has 2 N–H and O–H groups in total. The molecule has 0 spiro atoms. The van der Waals surface area contributed by atoms with Crippen molar-refractivity contribution in [2.75, 3.05) is 13.6 Å². The van der Waals surface area contributed by atoms with Crippen LogP contribution in [0, 0.1) is 0 Å². The Morgan fingerprint density at radius 3 is 1.91 bits per heavy atom. The largest absolute Gasteiger partial charge is 0.459 e. The zero-order valence-electron chi connectivity index (χ0n) is 21.5. The zero-order valence-corrected chi connectivity index (χ0v) is 21.5. The van der Waals surface area contributed by atoms with Gasteiger partial charge in [-0.15, -0.1) is 0 Å². The van der Waals surface area contributed by atoms with Gasteiger partial charge in [-0.1, -0.05) is 70.4 Å². The van der Waals surface area contributed by atoms with Crippen LogP contribution in [0.2, 0.25) is 0 Å². The summed E-state index contributed by atoms with van der Waals surface area (Å²) < 4.78 is 5.24. The summed E-state index contributed by atoms with van der Waals surface area (Å²) in [6, 6.07) is 0. The van der Waals surface area contributed by atoms with E-state index in [4.69, 9.17) is 10.5 Å². The van der Waals surface area contributed by atoms with Gasteiger partial charge in [0, 0.05) is 13.5 Å². The lowest BCUT2D eigenvalue weighted by molar-refractivity contribution is -0.155. The topological polar surface area (TPSA) is 85.0 Å². The molecule has 186 valence electrons. The molecule has 0 saturated carbocycles. The maximum absolute atomic E-state index is 12.0. The molecule has 32 heavy (non-hydrogen) atoms. The summed E-state index contributed by atoms with van der Waals surface area (Å²) in [7, 11) is 1.62. The summed E-state index contributed by atoms with van der Waals surface area (Å²) >= 11 is 0. The minimum atomic E-state index is -0.552. The maximum atomic E-state index is 12.0. The van der Waals surface area contributed by atoms with Crippen LogP contribution in [0.25, 0.3) is 0 Å². The Bertz CT molecular complexity index is 565. The van der Waals surface area contributed by atoms with Crippen LogP contribution in [-0.4, -0.2) is 41.9 Å². The van der Waals surface area contributed by atoms with Crippen molar-refractivity contribution in [1.29, 1.82) is 0 Å². The van der Waals surface area contributed by atoms with Crippen molar-refractivity contribution < 1.29 is 14.3 Å². The van der Waals surface area contributed by atoms with E-state index in [9.17, 15) is 9.59 Å². The lowest BCUT2D eigenvalue weighted by Crippen LogP contribution is -2.40. The van der Waals surface area contributed by atoms with Gasteiger partial charge in [0.1, 0.15) is 12.1 Å². The van der Waals surface area contributed by atoms with E-state index in [1.54, 1.807) is 27.8 Å². The molecule has 0 rings (SSSR count). The highest BCUT2D eigenvalue weighted by molar-refractivity contribution is 5.93. The highest BCUT2D eigenvalue weighted by Crippen LogP contribution is 2.10. The lowest BCUT2D eigenvalue weighted by atomic mass is 10.1. The Hall–Kier alpha value is -1.85. The number of carbonyl (C=O) groups excluding carboxylic acids is 2. The van der Waals surface area contributed by atoms with Gasteiger partial charge < -0.3 is 15.4 Å². The number of esters is 1. The standard InChI is InChI=1S/C26H49N3O3/c1-6-7-8-9-10-11-12-13-14-15-16-17-18-19-20-21-23(30)28-25(27)29(5)22-24(31)32-26(2,3)4/h13-14H,6-12,15-22H2,1-5H3,(H2,27,28,30)/b14-13-. The summed E-state index contributed by atoms with van der Waals surface area (Å²) in [4.78, 5) is 29.1. The van der Waals surface area contributed by atoms with Crippen LogP contribution >= 0.6 is 0 Å². The van der Waals surface area contributed by atoms with Crippen molar-refractivity contribution in [3.8, 4) is 0 Å². The maximum Gasteiger partial charge on any atom is 0.326 e. The lowest BCUT2D eigenvalue weighted by Gasteiger charge is -2.22. The predicted molar refractivity (Wildman–Crippen MR) is 135 cm³/mol. The van der Waals surface area contributed by atoms with E-state index >= 15 is 0 Å². The molecule has 0 heterocycles. The van der Waals surface area contributed by atoms with Crippen molar-refractivity contribution >= 4 is 17.8 Å². The third kappa shape index (κ3) is 20.1. The van der Waals surface area contributed by atoms with Gasteiger partial charge >= 0.3 is 5.97 Å². The predicted octanol–water partition coefficient (Wildman–Crippen LogP) is 6.14. The molecule has 0 saturated heterocycles. The number of allylic oxidation sites excluding steroid dienone is 2. The first kappa shape index (κ1) is 30.1. The second-order valence-electron chi connectivity index (χ2n) is 9.64. The van der Waals surface area contributed by atoms with E-state index in [1.807, 2.05) is 0 Å². The van der Waals surface area contributed by atoms with Gasteiger partial charge in [-0.05, 0) is 52.9 Å². The van der Waals surface area contributed by atoms with Crippen molar-refractivity contribution in [2.24, 2.45) is 10.7 Å². The second kappa shape index (κ2) is 18.7. The third-order valence-electron chi connectivity index (χ3n) is 5.07. The number of rotatable bonds is 17. The molecular formula is C26H49N3O3. The Morgan fingerprint density at radius 2 is 1.38 bits per heavy atom. The minimum absolute atomic E-state index is 0.0344. The van der Waals surface area contributed by atoms with E-state index in [0.717, 1.165) is 25.7 Å². The fourth-order valence-electron chi connectivity index (χ4n) is 3.26. The number of likely N-dealkylation sites (N-methyl/N-ethyl adjacent to an activating group) is 1. The van der Waals surface area contributed by atoms with Crippen molar-refractivity contribution in [1.82, 2.24) is 4.90 Å². The molecule has 0 fully saturated rings. The average molecular weight is 452 g/mol. The summed E-state index contributed by atoms with van der Waals surface area (Å²) in [5.74, 6) is -0.590. The van der Waals surface area contributed by atoms with E-state index in [2.05, 4.69) is 24.1 Å². The molecule has 0 aliphatic heterocycles. The number of hydrogen-bond donors (Lipinski definition) is 1. The molecule has 0 aromatic rings. The van der Waals surface area contributed by atoms with Crippen molar-refractivity contribution in [2.45, 2.75) is 123 Å². The molecule has 0 aliphatic carbocycles. The van der Waals surface area contributed by atoms with Crippen LogP contribution < -0.4 is 5.73 Å². The quantitative estimate of drug-likeness (QED) is 0.0944. The monoisotopic (exact) mass is 451 g/mol. The van der Waals surface area contributed by atoms with E-state index in [-0.39, 0.29) is 18.4 Å². The molecular weight excluding hydrogens is 402 g/mol. The molecule has 0 aromatic carbocycles. The Morgan fingerprint density at radius 1 is 0.875 bits per heavy atom. The molecule has 0 atom stereocenters. The minimum Gasteiger partial charge on any atom is -0.459 e. The second-order valence-corrected chi connectivity index (χ2v) is 9.64. The summed E-state index contributed by atoms with van der Waals surface area (Å²) in [5.41, 5.74) is 5.27. The van der Waals surface area contributed by atoms with Crippen molar-refractivity contribution in [3.05, 3.63) is 12.2 Å². The first-order chi connectivity index (χ1) is 15.2. The summed E-state index contributed by atoms with van der Waals surface area (Å²) in [6.45, 7) is 7.64. The van der Waals surface area contributed by atoms with Crippen LogP contribution in [0.1, 0.15) is 118 Å². The molecule has 1 amide bonds. The van der Waals surface area contributed by atoms with Gasteiger partial charge in [0.05, 0.1) is 0 Å². The van der Waals surface area contributed by atoms with E-state index < -0.39 is 11.6 Å². The Kier molecular flexibility index (Phi) is 17.6. The number of unbranched alkanes of at least 4 members (excludes halogenated alkanes) is 11. The van der Waals surface area contributed by atoms with Gasteiger partial charge in [0.15, 0.2) is 5.96 Å². The first-order valence-electron chi connectivity index (χ1n) is 12.6. The number of guanidine groups is 1. The smallest absolute Gasteiger partial charge is 0.326 e. The number of ether oxygens (including phenoxy) is 1. The van der Waals surface area contributed by atoms with Crippen LogP contribution in [0.4, 0.5) is 0 Å². The number of nitrogens with two attached hydrogens (primary N) is 1. The molecule has 0 aromatic heterocycles. The Labute approximate surface area is 197 Å². The molecule has 0 aliphatic rings. The average Bonchev–Trinajstić information content (AvgIpc) is 2.69.